The quantitative estimate of drug-likeness (QED) is 0.586. The largest absolute Gasteiger partial charge is 0.748 e. The molecule has 0 fully saturated rings. The van der Waals surface area contributed by atoms with Gasteiger partial charge in [0.05, 0.1) is 12.8 Å². The standard InChI is InChI=1S/C11H12NO.C5H5.Fe/c1-2-5-10(4-1)8-12-9-11-6-3-7-13-11;1-2-4-5-3-1;/h1-7,12H,8-9H2;1-5H;/q-5;-1;. The molecule has 2 aromatic carbocycles. The average Bonchev–Trinajstić information content (AvgIpc) is 3.16. The fraction of sp³-hybridized carbons (Fsp3) is 0.125. The van der Waals surface area contributed by atoms with Gasteiger partial charge in [-0.05, 0) is 12.1 Å². The third kappa shape index (κ3) is 6.25. The maximum Gasteiger partial charge on any atom is 0.117 e. The Bertz CT molecular complexity index is 431. The normalized spacial score (nSPS) is 9.26. The molecule has 0 amide bonds. The van der Waals surface area contributed by atoms with Crippen LogP contribution in [0.1, 0.15) is 11.3 Å². The van der Waals surface area contributed by atoms with Crippen LogP contribution in [0, 0.1) is 0 Å². The molecule has 0 unspecified atom stereocenters. The minimum atomic E-state index is 0. The second kappa shape index (κ2) is 9.40. The van der Waals surface area contributed by atoms with Crippen LogP contribution in [0.4, 0.5) is 0 Å². The van der Waals surface area contributed by atoms with Crippen molar-refractivity contribution in [2.75, 3.05) is 0 Å². The summed E-state index contributed by atoms with van der Waals surface area (Å²) < 4.78 is 5.19. The van der Waals surface area contributed by atoms with Crippen molar-refractivity contribution in [1.82, 2.24) is 5.32 Å². The summed E-state index contributed by atoms with van der Waals surface area (Å²) in [5.74, 6) is 0.978. The topological polar surface area (TPSA) is 25.2 Å². The maximum absolute atomic E-state index is 5.19. The van der Waals surface area contributed by atoms with E-state index in [1.165, 1.54) is 5.56 Å². The Hall–Kier alpha value is -1.54. The predicted octanol–water partition coefficient (Wildman–Crippen LogP) is 3.69. The van der Waals surface area contributed by atoms with Crippen molar-refractivity contribution in [2.24, 2.45) is 0 Å². The number of furan rings is 1. The van der Waals surface area contributed by atoms with E-state index in [9.17, 15) is 0 Å². The van der Waals surface area contributed by atoms with E-state index in [0.717, 1.165) is 18.8 Å². The van der Waals surface area contributed by atoms with E-state index >= 15 is 0 Å². The van der Waals surface area contributed by atoms with Gasteiger partial charge in [-0.3, -0.25) is 0 Å². The maximum atomic E-state index is 5.19. The van der Waals surface area contributed by atoms with Crippen LogP contribution in [-0.4, -0.2) is 0 Å². The number of nitrogens with one attached hydrogen (secondary N) is 1. The van der Waals surface area contributed by atoms with E-state index in [2.05, 4.69) is 17.4 Å². The fourth-order valence-electron chi connectivity index (χ4n) is 1.60. The second-order valence-electron chi connectivity index (χ2n) is 3.94. The van der Waals surface area contributed by atoms with Gasteiger partial charge in [-0.25, -0.2) is 12.1 Å². The molecule has 2 nitrogen and oxygen atoms in total. The molecule has 19 heavy (non-hydrogen) atoms. The summed E-state index contributed by atoms with van der Waals surface area (Å²) >= 11 is 0. The Morgan fingerprint density at radius 1 is 1.11 bits per heavy atom. The summed E-state index contributed by atoms with van der Waals surface area (Å²) in [5.41, 5.74) is 1.31. The first-order valence-electron chi connectivity index (χ1n) is 6.05. The number of hydrogen-bond donors (Lipinski definition) is 1. The van der Waals surface area contributed by atoms with Gasteiger partial charge < -0.3 is 39.6 Å². The average molecular weight is 295 g/mol. The molecule has 1 aromatic heterocycles. The van der Waals surface area contributed by atoms with Gasteiger partial charge >= 0.3 is 0 Å². The molecule has 0 bridgehead atoms. The monoisotopic (exact) mass is 295 g/mol. The summed E-state index contributed by atoms with van der Waals surface area (Å²) in [6.45, 7) is 1.69. The second-order valence-corrected chi connectivity index (χ2v) is 3.94. The van der Waals surface area contributed by atoms with Crippen molar-refractivity contribution < 1.29 is 21.5 Å². The number of rotatable bonds is 4. The van der Waals surface area contributed by atoms with Gasteiger partial charge in [0, 0.05) is 17.1 Å². The molecular formula is C16H17FeNO-6. The third-order valence-electron chi connectivity index (χ3n) is 2.50. The molecule has 3 heteroatoms. The molecular weight excluding hydrogens is 278 g/mol. The molecule has 0 aliphatic heterocycles. The first-order chi connectivity index (χ1) is 8.95. The minimum Gasteiger partial charge on any atom is -0.748 e. The van der Waals surface area contributed by atoms with Crippen LogP contribution in [0.3, 0.4) is 0 Å². The van der Waals surface area contributed by atoms with Gasteiger partial charge in [-0.15, -0.1) is 0 Å². The molecule has 1 N–H and O–H groups in total. The van der Waals surface area contributed by atoms with Crippen molar-refractivity contribution in [3.8, 4) is 0 Å². The van der Waals surface area contributed by atoms with Crippen molar-refractivity contribution in [1.29, 1.82) is 0 Å². The summed E-state index contributed by atoms with van der Waals surface area (Å²) in [6.07, 6.45) is 1.69. The van der Waals surface area contributed by atoms with Crippen LogP contribution in [0.15, 0.2) is 77.4 Å². The zero-order chi connectivity index (χ0) is 12.5. The Morgan fingerprint density at radius 2 is 1.84 bits per heavy atom. The predicted molar refractivity (Wildman–Crippen MR) is 73.3 cm³/mol. The fourth-order valence-corrected chi connectivity index (χ4v) is 1.60. The van der Waals surface area contributed by atoms with Crippen LogP contribution < -0.4 is 5.32 Å². The summed E-state index contributed by atoms with van der Waals surface area (Å²) in [4.78, 5) is 0. The van der Waals surface area contributed by atoms with Crippen molar-refractivity contribution in [3.63, 3.8) is 0 Å². The van der Waals surface area contributed by atoms with Gasteiger partial charge in [-0.1, -0.05) is 0 Å². The SMILES string of the molecule is [Fe].c1cc[cH-]c1.c1coc(CNC[c-]2[cH-][cH-][cH-][cH-]2)c1. The Kier molecular flexibility index (Phi) is 7.67. The van der Waals surface area contributed by atoms with E-state index in [1.807, 2.05) is 54.6 Å². The van der Waals surface area contributed by atoms with Gasteiger partial charge in [0.1, 0.15) is 5.76 Å². The van der Waals surface area contributed by atoms with Crippen LogP contribution in [0.5, 0.6) is 0 Å². The van der Waals surface area contributed by atoms with Crippen molar-refractivity contribution >= 4 is 0 Å². The molecule has 0 spiro atoms. The molecule has 0 radical (unpaired) electrons. The first-order valence-corrected chi connectivity index (χ1v) is 6.05. The molecule has 0 aliphatic carbocycles. The van der Waals surface area contributed by atoms with Crippen LogP contribution in [0.2, 0.25) is 0 Å². The summed E-state index contributed by atoms with van der Waals surface area (Å²) in [6, 6.07) is 22.2. The van der Waals surface area contributed by atoms with Gasteiger partial charge in [0.15, 0.2) is 0 Å². The smallest absolute Gasteiger partial charge is 0.117 e. The molecule has 0 saturated carbocycles. The van der Waals surface area contributed by atoms with E-state index < -0.39 is 0 Å². The summed E-state index contributed by atoms with van der Waals surface area (Å²) in [5, 5.41) is 3.30. The van der Waals surface area contributed by atoms with Crippen molar-refractivity contribution in [2.45, 2.75) is 13.1 Å². The molecule has 0 saturated heterocycles. The summed E-state index contributed by atoms with van der Waals surface area (Å²) in [7, 11) is 0. The Labute approximate surface area is 124 Å². The van der Waals surface area contributed by atoms with Gasteiger partial charge in [-0.2, -0.15) is 24.7 Å². The Balaban J connectivity index is 0.000000256. The van der Waals surface area contributed by atoms with Gasteiger partial charge in [0.25, 0.3) is 0 Å². The number of hydrogen-bond acceptors (Lipinski definition) is 2. The minimum absolute atomic E-state index is 0. The van der Waals surface area contributed by atoms with E-state index in [4.69, 9.17) is 4.42 Å². The van der Waals surface area contributed by atoms with Gasteiger partial charge in [0.2, 0.25) is 0 Å². The molecule has 3 rings (SSSR count). The van der Waals surface area contributed by atoms with Crippen LogP contribution in [0.25, 0.3) is 0 Å². The van der Waals surface area contributed by atoms with E-state index in [1.54, 1.807) is 6.26 Å². The Morgan fingerprint density at radius 3 is 2.37 bits per heavy atom. The van der Waals surface area contributed by atoms with Crippen LogP contribution in [-0.2, 0) is 30.2 Å². The molecule has 0 aliphatic rings. The molecule has 3 aromatic rings. The van der Waals surface area contributed by atoms with Crippen molar-refractivity contribution in [3.05, 3.63) is 84.3 Å². The van der Waals surface area contributed by atoms with E-state index in [0.29, 0.717) is 0 Å². The molecule has 106 valence electrons. The zero-order valence-electron chi connectivity index (χ0n) is 10.6. The molecule has 0 atom stereocenters. The zero-order valence-corrected chi connectivity index (χ0v) is 11.7. The third-order valence-corrected chi connectivity index (χ3v) is 2.50. The molecule has 1 heterocycles. The van der Waals surface area contributed by atoms with Crippen LogP contribution >= 0.6 is 0 Å². The van der Waals surface area contributed by atoms with E-state index in [-0.39, 0.29) is 17.1 Å². The first kappa shape index (κ1) is 15.5.